The SMILES string of the molecule is COc1ccc(NC(N)=NCCCCn2ccccc2=O)cc1Cl.I. The molecular formula is C17H22ClIN4O2. The number of nitrogens with zero attached hydrogens (tertiary/aromatic N) is 2. The number of benzene rings is 1. The third kappa shape index (κ3) is 6.95. The summed E-state index contributed by atoms with van der Waals surface area (Å²) in [4.78, 5) is 15.8. The van der Waals surface area contributed by atoms with Gasteiger partial charge in [-0.2, -0.15) is 0 Å². The molecular weight excluding hydrogens is 455 g/mol. The zero-order chi connectivity index (χ0) is 17.4. The Balaban J connectivity index is 0.00000312. The van der Waals surface area contributed by atoms with Crippen LogP contribution in [0.3, 0.4) is 0 Å². The van der Waals surface area contributed by atoms with Crippen LogP contribution in [0.15, 0.2) is 52.4 Å². The summed E-state index contributed by atoms with van der Waals surface area (Å²) < 4.78 is 6.78. The number of unbranched alkanes of at least 4 members (excludes halogenated alkanes) is 1. The number of aliphatic imine (C=N–C) groups is 1. The molecule has 3 N–H and O–H groups in total. The number of anilines is 1. The van der Waals surface area contributed by atoms with Crippen molar-refractivity contribution >= 4 is 47.2 Å². The molecule has 0 saturated heterocycles. The molecule has 1 aromatic heterocycles. The van der Waals surface area contributed by atoms with Crippen molar-refractivity contribution in [2.45, 2.75) is 19.4 Å². The van der Waals surface area contributed by atoms with Crippen molar-refractivity contribution < 1.29 is 4.74 Å². The van der Waals surface area contributed by atoms with E-state index in [2.05, 4.69) is 10.3 Å². The number of hydrogen-bond acceptors (Lipinski definition) is 3. The van der Waals surface area contributed by atoms with Gasteiger partial charge in [0.25, 0.3) is 0 Å². The number of guanidine groups is 1. The Morgan fingerprint density at radius 3 is 2.80 bits per heavy atom. The molecule has 1 aromatic carbocycles. The van der Waals surface area contributed by atoms with E-state index in [0.29, 0.717) is 29.8 Å². The summed E-state index contributed by atoms with van der Waals surface area (Å²) in [6.45, 7) is 1.26. The number of hydrogen-bond donors (Lipinski definition) is 2. The zero-order valence-electron chi connectivity index (χ0n) is 13.9. The lowest BCUT2D eigenvalue weighted by Crippen LogP contribution is -2.23. The number of pyridine rings is 1. The highest BCUT2D eigenvalue weighted by Gasteiger charge is 2.02. The van der Waals surface area contributed by atoms with E-state index in [0.717, 1.165) is 18.5 Å². The molecule has 0 aliphatic carbocycles. The van der Waals surface area contributed by atoms with Crippen molar-refractivity contribution in [2.75, 3.05) is 19.0 Å². The molecule has 0 amide bonds. The minimum Gasteiger partial charge on any atom is -0.495 e. The van der Waals surface area contributed by atoms with Crippen LogP contribution in [0.5, 0.6) is 5.75 Å². The average Bonchev–Trinajstić information content (AvgIpc) is 2.56. The quantitative estimate of drug-likeness (QED) is 0.278. The lowest BCUT2D eigenvalue weighted by Gasteiger charge is -2.08. The fraction of sp³-hybridized carbons (Fsp3) is 0.294. The molecule has 2 aromatic rings. The maximum atomic E-state index is 11.6. The molecule has 25 heavy (non-hydrogen) atoms. The van der Waals surface area contributed by atoms with E-state index in [9.17, 15) is 4.79 Å². The number of nitrogens with one attached hydrogen (secondary N) is 1. The first-order valence-electron chi connectivity index (χ1n) is 7.66. The molecule has 6 nitrogen and oxygen atoms in total. The van der Waals surface area contributed by atoms with Gasteiger partial charge in [-0.15, -0.1) is 24.0 Å². The Kier molecular flexibility index (Phi) is 9.36. The molecule has 0 fully saturated rings. The summed E-state index contributed by atoms with van der Waals surface area (Å²) in [5.74, 6) is 0.932. The van der Waals surface area contributed by atoms with Crippen LogP contribution < -0.4 is 21.3 Å². The first-order chi connectivity index (χ1) is 11.6. The molecule has 0 saturated carbocycles. The van der Waals surface area contributed by atoms with E-state index < -0.39 is 0 Å². The number of ether oxygens (including phenoxy) is 1. The fourth-order valence-electron chi connectivity index (χ4n) is 2.17. The van der Waals surface area contributed by atoms with Crippen LogP contribution >= 0.6 is 35.6 Å². The molecule has 0 unspecified atom stereocenters. The monoisotopic (exact) mass is 476 g/mol. The largest absolute Gasteiger partial charge is 0.495 e. The highest BCUT2D eigenvalue weighted by atomic mass is 127. The Morgan fingerprint density at radius 2 is 2.12 bits per heavy atom. The lowest BCUT2D eigenvalue weighted by atomic mass is 10.3. The predicted octanol–water partition coefficient (Wildman–Crippen LogP) is 3.34. The highest BCUT2D eigenvalue weighted by Crippen LogP contribution is 2.26. The van der Waals surface area contributed by atoms with Gasteiger partial charge in [0, 0.05) is 31.0 Å². The van der Waals surface area contributed by atoms with Gasteiger partial charge in [0.15, 0.2) is 5.96 Å². The summed E-state index contributed by atoms with van der Waals surface area (Å²) in [6, 6.07) is 10.4. The van der Waals surface area contributed by atoms with Crippen molar-refractivity contribution in [3.63, 3.8) is 0 Å². The van der Waals surface area contributed by atoms with Crippen molar-refractivity contribution in [1.82, 2.24) is 4.57 Å². The number of aromatic nitrogens is 1. The standard InChI is InChI=1S/C17H21ClN4O2.HI/c1-24-15-8-7-13(12-14(15)18)21-17(19)20-9-3-5-11-22-10-4-2-6-16(22)23;/h2,4,6-8,10,12H,3,5,9,11H2,1H3,(H3,19,20,21);1H. The van der Waals surface area contributed by atoms with E-state index in [-0.39, 0.29) is 29.5 Å². The van der Waals surface area contributed by atoms with E-state index in [4.69, 9.17) is 22.1 Å². The third-order valence-corrected chi connectivity index (χ3v) is 3.71. The second-order valence-corrected chi connectivity index (χ2v) is 5.59. The molecule has 0 radical (unpaired) electrons. The smallest absolute Gasteiger partial charge is 0.250 e. The number of nitrogens with two attached hydrogens (primary N) is 1. The predicted molar refractivity (Wildman–Crippen MR) is 113 cm³/mol. The number of halogens is 2. The van der Waals surface area contributed by atoms with Crippen molar-refractivity contribution in [3.8, 4) is 5.75 Å². The highest BCUT2D eigenvalue weighted by molar-refractivity contribution is 14.0. The Labute approximate surface area is 169 Å². The summed E-state index contributed by atoms with van der Waals surface area (Å²) in [5.41, 5.74) is 6.61. The van der Waals surface area contributed by atoms with Crippen LogP contribution in [0.25, 0.3) is 0 Å². The van der Waals surface area contributed by atoms with Gasteiger partial charge in [-0.25, -0.2) is 0 Å². The van der Waals surface area contributed by atoms with Crippen molar-refractivity contribution in [1.29, 1.82) is 0 Å². The number of aryl methyl sites for hydroxylation is 1. The van der Waals surface area contributed by atoms with Crippen LogP contribution in [0.4, 0.5) is 5.69 Å². The van der Waals surface area contributed by atoms with Crippen LogP contribution in [-0.4, -0.2) is 24.2 Å². The zero-order valence-corrected chi connectivity index (χ0v) is 17.0. The van der Waals surface area contributed by atoms with Gasteiger partial charge < -0.3 is 20.4 Å². The molecule has 1 heterocycles. The fourth-order valence-corrected chi connectivity index (χ4v) is 2.43. The Morgan fingerprint density at radius 1 is 1.32 bits per heavy atom. The Hall–Kier alpha value is -1.74. The molecule has 0 bridgehead atoms. The van der Waals surface area contributed by atoms with Gasteiger partial charge in [0.05, 0.1) is 12.1 Å². The molecule has 0 atom stereocenters. The second-order valence-electron chi connectivity index (χ2n) is 5.18. The molecule has 0 aliphatic heterocycles. The van der Waals surface area contributed by atoms with Crippen LogP contribution in [0, 0.1) is 0 Å². The third-order valence-electron chi connectivity index (χ3n) is 3.41. The van der Waals surface area contributed by atoms with Gasteiger partial charge in [-0.05, 0) is 37.1 Å². The maximum Gasteiger partial charge on any atom is 0.250 e. The normalized spacial score (nSPS) is 10.9. The summed E-state index contributed by atoms with van der Waals surface area (Å²) in [7, 11) is 1.56. The van der Waals surface area contributed by atoms with Crippen molar-refractivity contribution in [3.05, 3.63) is 58.0 Å². The topological polar surface area (TPSA) is 81.6 Å². The van der Waals surface area contributed by atoms with E-state index >= 15 is 0 Å². The van der Waals surface area contributed by atoms with E-state index in [1.165, 1.54) is 0 Å². The van der Waals surface area contributed by atoms with Gasteiger partial charge in [-0.1, -0.05) is 17.7 Å². The van der Waals surface area contributed by atoms with Gasteiger partial charge in [0.2, 0.25) is 5.56 Å². The van der Waals surface area contributed by atoms with Crippen LogP contribution in [0.1, 0.15) is 12.8 Å². The van der Waals surface area contributed by atoms with Crippen molar-refractivity contribution in [2.24, 2.45) is 10.7 Å². The van der Waals surface area contributed by atoms with Crippen LogP contribution in [0.2, 0.25) is 5.02 Å². The maximum absolute atomic E-state index is 11.6. The second kappa shape index (κ2) is 11.0. The first kappa shape index (κ1) is 21.3. The van der Waals surface area contributed by atoms with Gasteiger partial charge in [-0.3, -0.25) is 9.79 Å². The summed E-state index contributed by atoms with van der Waals surface area (Å²) >= 11 is 6.06. The summed E-state index contributed by atoms with van der Waals surface area (Å²) in [5, 5.41) is 3.49. The van der Waals surface area contributed by atoms with E-state index in [1.807, 2.05) is 12.1 Å². The Bertz CT molecular complexity index is 764. The van der Waals surface area contributed by atoms with Crippen LogP contribution in [-0.2, 0) is 6.54 Å². The molecule has 2 rings (SSSR count). The lowest BCUT2D eigenvalue weighted by molar-refractivity contribution is 0.415. The minimum absolute atomic E-state index is 0. The average molecular weight is 477 g/mol. The molecule has 0 spiro atoms. The minimum atomic E-state index is 0. The molecule has 0 aliphatic rings. The molecule has 136 valence electrons. The number of rotatable bonds is 7. The molecule has 8 heteroatoms. The van der Waals surface area contributed by atoms with Gasteiger partial charge >= 0.3 is 0 Å². The number of methoxy groups -OCH3 is 1. The van der Waals surface area contributed by atoms with E-state index in [1.54, 1.807) is 42.1 Å². The first-order valence-corrected chi connectivity index (χ1v) is 8.04. The summed E-state index contributed by atoms with van der Waals surface area (Å²) in [6.07, 6.45) is 3.48. The van der Waals surface area contributed by atoms with Gasteiger partial charge in [0.1, 0.15) is 5.75 Å².